The van der Waals surface area contributed by atoms with E-state index in [0.29, 0.717) is 6.42 Å². The molecule has 2 heteroatoms. The topological polar surface area (TPSA) is 20.3 Å². The highest BCUT2D eigenvalue weighted by Gasteiger charge is 2.13. The van der Waals surface area contributed by atoms with Gasteiger partial charge in [0.1, 0.15) is 0 Å². The van der Waals surface area contributed by atoms with Gasteiger partial charge in [-0.2, -0.15) is 0 Å². The van der Waals surface area contributed by atoms with Gasteiger partial charge < -0.3 is 4.90 Å². The van der Waals surface area contributed by atoms with Crippen molar-refractivity contribution in [1.82, 2.24) is 0 Å². The zero-order chi connectivity index (χ0) is 28.6. The molecule has 0 amide bonds. The summed E-state index contributed by atoms with van der Waals surface area (Å²) in [6.45, 7) is 15.0. The molecule has 0 N–H and O–H groups in total. The van der Waals surface area contributed by atoms with Crippen molar-refractivity contribution in [3.05, 3.63) is 135 Å². The Labute approximate surface area is 241 Å². The number of hydrogen-bond donors (Lipinski definition) is 0. The molecule has 206 valence electrons. The molecule has 0 heterocycles. The van der Waals surface area contributed by atoms with E-state index in [4.69, 9.17) is 0 Å². The van der Waals surface area contributed by atoms with E-state index in [9.17, 15) is 4.79 Å². The molecular formula is C38H43NO. The van der Waals surface area contributed by atoms with Crippen molar-refractivity contribution in [2.24, 2.45) is 0 Å². The summed E-state index contributed by atoms with van der Waals surface area (Å²) >= 11 is 0. The standard InChI is InChI=1S/C38H43NO/c1-7-21-39(22-8-2)34-17-15-33(16-18-34)37(35-19-9-27(3)23-29(35)5)25-31-11-13-32(14-12-31)26-38(40)36-20-10-28(4)24-30(36)6/h9-20,23-25H,7-8,21-22,26H2,1-6H3/b37-25+. The lowest BCUT2D eigenvalue weighted by atomic mass is 9.91. The van der Waals surface area contributed by atoms with Gasteiger partial charge >= 0.3 is 0 Å². The van der Waals surface area contributed by atoms with E-state index < -0.39 is 0 Å². The quantitative estimate of drug-likeness (QED) is 0.142. The van der Waals surface area contributed by atoms with Crippen LogP contribution in [0, 0.1) is 27.7 Å². The fourth-order valence-electron chi connectivity index (χ4n) is 5.50. The summed E-state index contributed by atoms with van der Waals surface area (Å²) in [6, 6.07) is 30.2. The highest BCUT2D eigenvalue weighted by Crippen LogP contribution is 2.31. The summed E-state index contributed by atoms with van der Waals surface area (Å²) in [7, 11) is 0. The molecule has 4 rings (SSSR count). The number of ketones is 1. The monoisotopic (exact) mass is 529 g/mol. The summed E-state index contributed by atoms with van der Waals surface area (Å²) in [5.41, 5.74) is 12.7. The number of benzene rings is 4. The number of carbonyl (C=O) groups excluding carboxylic acids is 1. The van der Waals surface area contributed by atoms with Gasteiger partial charge in [0.15, 0.2) is 5.78 Å². The second kappa shape index (κ2) is 13.4. The first-order valence-electron chi connectivity index (χ1n) is 14.6. The van der Waals surface area contributed by atoms with Gasteiger partial charge in [-0.05, 0) is 97.7 Å². The van der Waals surface area contributed by atoms with Crippen LogP contribution < -0.4 is 4.90 Å². The Bertz CT molecular complexity index is 1470. The molecule has 0 fully saturated rings. The maximum atomic E-state index is 13.0. The molecule has 0 radical (unpaired) electrons. The zero-order valence-electron chi connectivity index (χ0n) is 25.1. The summed E-state index contributed by atoms with van der Waals surface area (Å²) < 4.78 is 0. The molecule has 0 spiro atoms. The lowest BCUT2D eigenvalue weighted by Crippen LogP contribution is -2.24. The van der Waals surface area contributed by atoms with Crippen LogP contribution in [-0.4, -0.2) is 18.9 Å². The summed E-state index contributed by atoms with van der Waals surface area (Å²) in [6.07, 6.45) is 4.97. The predicted molar refractivity (Wildman–Crippen MR) is 173 cm³/mol. The van der Waals surface area contributed by atoms with Gasteiger partial charge in [0.05, 0.1) is 0 Å². The second-order valence-corrected chi connectivity index (χ2v) is 11.1. The number of anilines is 1. The molecule has 0 saturated carbocycles. The third-order valence-electron chi connectivity index (χ3n) is 7.54. The molecule has 0 aliphatic rings. The zero-order valence-corrected chi connectivity index (χ0v) is 25.1. The molecule has 0 aliphatic carbocycles. The summed E-state index contributed by atoms with van der Waals surface area (Å²) in [5, 5.41) is 0. The molecule has 40 heavy (non-hydrogen) atoms. The first-order chi connectivity index (χ1) is 19.3. The van der Waals surface area contributed by atoms with Crippen LogP contribution in [0.5, 0.6) is 0 Å². The Morgan fingerprint density at radius 3 is 1.75 bits per heavy atom. The molecular weight excluding hydrogens is 486 g/mol. The van der Waals surface area contributed by atoms with Crippen LogP contribution in [0.2, 0.25) is 0 Å². The van der Waals surface area contributed by atoms with E-state index in [1.807, 2.05) is 19.1 Å². The number of carbonyl (C=O) groups is 1. The third kappa shape index (κ3) is 7.18. The Balaban J connectivity index is 1.64. The van der Waals surface area contributed by atoms with E-state index in [2.05, 4.69) is 118 Å². The van der Waals surface area contributed by atoms with Gasteiger partial charge in [0.2, 0.25) is 0 Å². The largest absolute Gasteiger partial charge is 0.372 e. The van der Waals surface area contributed by atoms with Crippen LogP contribution >= 0.6 is 0 Å². The number of Topliss-reactive ketones (excluding diaryl/α,β-unsaturated/α-hetero) is 1. The minimum absolute atomic E-state index is 0.164. The SMILES string of the molecule is CCCN(CCC)c1ccc(/C(=C\c2ccc(CC(=O)c3ccc(C)cc3C)cc2)c2ccc(C)cc2C)cc1. The number of nitrogens with zero attached hydrogens (tertiary/aromatic N) is 1. The number of aryl methyl sites for hydroxylation is 4. The highest BCUT2D eigenvalue weighted by atomic mass is 16.1. The molecule has 0 unspecified atom stereocenters. The Morgan fingerprint density at radius 2 is 1.23 bits per heavy atom. The molecule has 0 bridgehead atoms. The maximum absolute atomic E-state index is 13.0. The first-order valence-corrected chi connectivity index (χ1v) is 14.6. The van der Waals surface area contributed by atoms with Crippen molar-refractivity contribution < 1.29 is 4.79 Å². The van der Waals surface area contributed by atoms with Gasteiger partial charge in [-0.15, -0.1) is 0 Å². The average Bonchev–Trinajstić information content (AvgIpc) is 2.93. The van der Waals surface area contributed by atoms with Crippen LogP contribution in [0.3, 0.4) is 0 Å². The lowest BCUT2D eigenvalue weighted by molar-refractivity contribution is 0.0992. The van der Waals surface area contributed by atoms with Crippen LogP contribution in [-0.2, 0) is 6.42 Å². The van der Waals surface area contributed by atoms with E-state index in [0.717, 1.165) is 48.2 Å². The summed E-state index contributed by atoms with van der Waals surface area (Å²) in [5.74, 6) is 0.164. The van der Waals surface area contributed by atoms with Crippen LogP contribution in [0.25, 0.3) is 11.6 Å². The number of rotatable bonds is 11. The van der Waals surface area contributed by atoms with Crippen LogP contribution in [0.15, 0.2) is 84.9 Å². The fourth-order valence-corrected chi connectivity index (χ4v) is 5.50. The summed E-state index contributed by atoms with van der Waals surface area (Å²) in [4.78, 5) is 15.5. The molecule has 0 atom stereocenters. The molecule has 0 saturated heterocycles. The van der Waals surface area contributed by atoms with Crippen molar-refractivity contribution >= 4 is 23.1 Å². The molecule has 0 aliphatic heterocycles. The van der Waals surface area contributed by atoms with Gasteiger partial charge in [0, 0.05) is 30.8 Å². The second-order valence-electron chi connectivity index (χ2n) is 11.1. The normalized spacial score (nSPS) is 11.5. The van der Waals surface area contributed by atoms with Gasteiger partial charge in [-0.3, -0.25) is 4.79 Å². The van der Waals surface area contributed by atoms with E-state index >= 15 is 0 Å². The third-order valence-corrected chi connectivity index (χ3v) is 7.54. The van der Waals surface area contributed by atoms with E-state index in [-0.39, 0.29) is 5.78 Å². The van der Waals surface area contributed by atoms with Crippen LogP contribution in [0.4, 0.5) is 5.69 Å². The molecule has 4 aromatic carbocycles. The van der Waals surface area contributed by atoms with Crippen molar-refractivity contribution in [2.75, 3.05) is 18.0 Å². The highest BCUT2D eigenvalue weighted by molar-refractivity contribution is 5.99. The first kappa shape index (κ1) is 29.1. The van der Waals surface area contributed by atoms with Crippen LogP contribution in [0.1, 0.15) is 81.6 Å². The number of hydrogen-bond acceptors (Lipinski definition) is 2. The maximum Gasteiger partial charge on any atom is 0.167 e. The van der Waals surface area contributed by atoms with Crippen molar-refractivity contribution in [3.8, 4) is 0 Å². The Hall–Kier alpha value is -3.91. The van der Waals surface area contributed by atoms with E-state index in [1.54, 1.807) is 0 Å². The van der Waals surface area contributed by atoms with Crippen molar-refractivity contribution in [3.63, 3.8) is 0 Å². The molecule has 4 aromatic rings. The fraction of sp³-hybridized carbons (Fsp3) is 0.289. The van der Waals surface area contributed by atoms with Gasteiger partial charge in [-0.25, -0.2) is 0 Å². The molecule has 0 aromatic heterocycles. The minimum Gasteiger partial charge on any atom is -0.372 e. The predicted octanol–water partition coefficient (Wildman–Crippen LogP) is 9.56. The van der Waals surface area contributed by atoms with Crippen molar-refractivity contribution in [2.45, 2.75) is 60.8 Å². The van der Waals surface area contributed by atoms with E-state index in [1.165, 1.54) is 39.1 Å². The minimum atomic E-state index is 0.164. The lowest BCUT2D eigenvalue weighted by Gasteiger charge is -2.24. The van der Waals surface area contributed by atoms with Gasteiger partial charge in [-0.1, -0.05) is 97.8 Å². The smallest absolute Gasteiger partial charge is 0.167 e. The van der Waals surface area contributed by atoms with Gasteiger partial charge in [0.25, 0.3) is 0 Å². The Morgan fingerprint density at radius 1 is 0.675 bits per heavy atom. The average molecular weight is 530 g/mol. The molecule has 2 nitrogen and oxygen atoms in total. The van der Waals surface area contributed by atoms with Crippen molar-refractivity contribution in [1.29, 1.82) is 0 Å². The Kier molecular flexibility index (Phi) is 9.77.